The largest absolute Gasteiger partial charge is 0.469 e. The molecule has 0 saturated carbocycles. The number of phosphoric ester groups is 1. The summed E-state index contributed by atoms with van der Waals surface area (Å²) < 4.78 is 22.2. The lowest BCUT2D eigenvalue weighted by Gasteiger charge is -2.16. The highest BCUT2D eigenvalue weighted by molar-refractivity contribution is 7.46. The van der Waals surface area contributed by atoms with Gasteiger partial charge < -0.3 is 35.2 Å². The minimum atomic E-state index is -4.75. The maximum absolute atomic E-state index is 10.9. The third-order valence-electron chi connectivity index (χ3n) is 4.62. The SMILES string of the molecule is CC(CO)CCNc1ncnc2c1ncn2C1O[C@H](COP(=O)(O)O)[C@@H](O)[C@H]1O. The molecule has 1 saturated heterocycles. The molecule has 162 valence electrons. The first kappa shape index (κ1) is 22.0. The summed E-state index contributed by atoms with van der Waals surface area (Å²) >= 11 is 0. The molecule has 1 aliphatic rings. The summed E-state index contributed by atoms with van der Waals surface area (Å²) in [6.07, 6.45) is -1.66. The normalized spacial score (nSPS) is 26.1. The van der Waals surface area contributed by atoms with Crippen LogP contribution in [0.2, 0.25) is 0 Å². The molecule has 1 fully saturated rings. The number of nitrogens with one attached hydrogen (secondary N) is 1. The van der Waals surface area contributed by atoms with E-state index in [0.717, 1.165) is 6.42 Å². The minimum absolute atomic E-state index is 0.0849. The summed E-state index contributed by atoms with van der Waals surface area (Å²) in [7, 11) is -4.75. The zero-order valence-corrected chi connectivity index (χ0v) is 16.5. The number of fused-ring (bicyclic) bond motifs is 1. The van der Waals surface area contributed by atoms with Crippen molar-refractivity contribution in [1.82, 2.24) is 19.5 Å². The Labute approximate surface area is 165 Å². The Balaban J connectivity index is 1.76. The minimum Gasteiger partial charge on any atom is -0.396 e. The average Bonchev–Trinajstić information content (AvgIpc) is 3.22. The second-order valence-corrected chi connectivity index (χ2v) is 8.12. The van der Waals surface area contributed by atoms with Gasteiger partial charge in [-0.15, -0.1) is 0 Å². The van der Waals surface area contributed by atoms with Gasteiger partial charge in [-0.2, -0.15) is 0 Å². The molecule has 0 spiro atoms. The first-order chi connectivity index (χ1) is 13.7. The highest BCUT2D eigenvalue weighted by Gasteiger charge is 2.45. The number of rotatable bonds is 9. The van der Waals surface area contributed by atoms with Crippen molar-refractivity contribution < 1.29 is 38.9 Å². The van der Waals surface area contributed by atoms with Crippen LogP contribution >= 0.6 is 7.82 Å². The molecule has 2 unspecified atom stereocenters. The van der Waals surface area contributed by atoms with E-state index in [4.69, 9.17) is 19.6 Å². The van der Waals surface area contributed by atoms with E-state index in [1.54, 1.807) is 0 Å². The number of hydrogen-bond donors (Lipinski definition) is 6. The monoisotopic (exact) mass is 433 g/mol. The van der Waals surface area contributed by atoms with E-state index in [0.29, 0.717) is 23.5 Å². The Morgan fingerprint density at radius 3 is 2.76 bits per heavy atom. The number of ether oxygens (including phenoxy) is 1. The number of aromatic nitrogens is 4. The van der Waals surface area contributed by atoms with Crippen molar-refractivity contribution in [2.75, 3.05) is 25.1 Å². The molecule has 3 rings (SSSR count). The average molecular weight is 433 g/mol. The molecule has 0 aromatic carbocycles. The number of hydrogen-bond acceptors (Lipinski definition) is 10. The highest BCUT2D eigenvalue weighted by Crippen LogP contribution is 2.38. The van der Waals surface area contributed by atoms with Gasteiger partial charge in [-0.05, 0) is 12.3 Å². The molecule has 14 heteroatoms. The van der Waals surface area contributed by atoms with Gasteiger partial charge in [-0.25, -0.2) is 19.5 Å². The van der Waals surface area contributed by atoms with Gasteiger partial charge in [-0.3, -0.25) is 9.09 Å². The number of phosphoric acid groups is 1. The molecule has 2 aromatic heterocycles. The lowest BCUT2D eigenvalue weighted by atomic mass is 10.1. The molecule has 5 atom stereocenters. The van der Waals surface area contributed by atoms with Gasteiger partial charge in [0.15, 0.2) is 23.2 Å². The lowest BCUT2D eigenvalue weighted by Crippen LogP contribution is -2.33. The van der Waals surface area contributed by atoms with Crippen LogP contribution in [-0.2, 0) is 13.8 Å². The van der Waals surface area contributed by atoms with Crippen molar-refractivity contribution in [3.63, 3.8) is 0 Å². The maximum Gasteiger partial charge on any atom is 0.469 e. The predicted octanol–water partition coefficient (Wildman–Crippen LogP) is -1.01. The van der Waals surface area contributed by atoms with E-state index >= 15 is 0 Å². The van der Waals surface area contributed by atoms with Gasteiger partial charge in [0.1, 0.15) is 24.6 Å². The zero-order valence-electron chi connectivity index (χ0n) is 15.6. The topological polar surface area (TPSA) is 192 Å². The fraction of sp³-hybridized carbons (Fsp3) is 0.667. The second-order valence-electron chi connectivity index (χ2n) is 6.88. The number of imidazole rings is 1. The Bertz CT molecular complexity index is 876. The van der Waals surface area contributed by atoms with Crippen LogP contribution in [0.5, 0.6) is 0 Å². The number of nitrogens with zero attached hydrogens (tertiary/aromatic N) is 4. The molecule has 6 N–H and O–H groups in total. The van der Waals surface area contributed by atoms with Crippen molar-refractivity contribution in [2.45, 2.75) is 37.9 Å². The summed E-state index contributed by atoms with van der Waals surface area (Å²) in [6, 6.07) is 0. The van der Waals surface area contributed by atoms with Gasteiger partial charge in [0.05, 0.1) is 12.9 Å². The van der Waals surface area contributed by atoms with Crippen molar-refractivity contribution in [3.8, 4) is 0 Å². The van der Waals surface area contributed by atoms with Crippen molar-refractivity contribution in [1.29, 1.82) is 0 Å². The van der Waals surface area contributed by atoms with Crippen molar-refractivity contribution in [3.05, 3.63) is 12.7 Å². The first-order valence-electron chi connectivity index (χ1n) is 8.95. The molecule has 3 heterocycles. The lowest BCUT2D eigenvalue weighted by molar-refractivity contribution is -0.0504. The van der Waals surface area contributed by atoms with Crippen LogP contribution in [0.4, 0.5) is 5.82 Å². The van der Waals surface area contributed by atoms with E-state index in [9.17, 15) is 14.8 Å². The van der Waals surface area contributed by atoms with Gasteiger partial charge in [0.2, 0.25) is 0 Å². The van der Waals surface area contributed by atoms with Gasteiger partial charge in [-0.1, -0.05) is 6.92 Å². The summed E-state index contributed by atoms with van der Waals surface area (Å²) in [5, 5.41) is 32.7. The Morgan fingerprint density at radius 1 is 1.31 bits per heavy atom. The Hall–Kier alpha value is -1.70. The fourth-order valence-corrected chi connectivity index (χ4v) is 3.30. The number of aliphatic hydroxyl groups is 3. The van der Waals surface area contributed by atoms with Gasteiger partial charge >= 0.3 is 7.82 Å². The molecular formula is C15H24N5O8P. The van der Waals surface area contributed by atoms with Crippen molar-refractivity contribution >= 4 is 24.8 Å². The third kappa shape index (κ3) is 5.08. The molecule has 0 aliphatic carbocycles. The molecule has 0 bridgehead atoms. The standard InChI is InChI=1S/C15H24N5O8P/c1-8(4-21)2-3-16-13-10-14(18-6-17-13)20(7-19-10)15-12(23)11(22)9(28-15)5-27-29(24,25)26/h6-9,11-12,15,21-23H,2-5H2,1H3,(H,16,17,18)(H2,24,25,26)/t8?,9-,11-,12-,15?/m1/s1. The van der Waals surface area contributed by atoms with Crippen LogP contribution < -0.4 is 5.32 Å². The van der Waals surface area contributed by atoms with Crippen LogP contribution in [0.3, 0.4) is 0 Å². The molecule has 2 aromatic rings. The fourth-order valence-electron chi connectivity index (χ4n) is 2.96. The molecular weight excluding hydrogens is 409 g/mol. The van der Waals surface area contributed by atoms with E-state index in [-0.39, 0.29) is 12.5 Å². The van der Waals surface area contributed by atoms with Gasteiger partial charge in [0.25, 0.3) is 0 Å². The summed E-state index contributed by atoms with van der Waals surface area (Å²) in [5.41, 5.74) is 0.759. The van der Waals surface area contributed by atoms with Crippen LogP contribution in [0, 0.1) is 5.92 Å². The summed E-state index contributed by atoms with van der Waals surface area (Å²) in [6.45, 7) is 1.96. The Morgan fingerprint density at radius 2 is 2.07 bits per heavy atom. The quantitative estimate of drug-likeness (QED) is 0.264. The van der Waals surface area contributed by atoms with E-state index in [1.807, 2.05) is 6.92 Å². The molecule has 1 aliphatic heterocycles. The number of aliphatic hydroxyl groups excluding tert-OH is 3. The predicted molar refractivity (Wildman–Crippen MR) is 98.6 cm³/mol. The van der Waals surface area contributed by atoms with Crippen molar-refractivity contribution in [2.24, 2.45) is 5.92 Å². The van der Waals surface area contributed by atoms with Crippen LogP contribution in [0.25, 0.3) is 11.2 Å². The number of anilines is 1. The summed E-state index contributed by atoms with van der Waals surface area (Å²) in [4.78, 5) is 30.2. The smallest absolute Gasteiger partial charge is 0.396 e. The van der Waals surface area contributed by atoms with Gasteiger partial charge in [0, 0.05) is 13.2 Å². The van der Waals surface area contributed by atoms with E-state index in [1.165, 1.54) is 17.2 Å². The maximum atomic E-state index is 10.9. The Kier molecular flexibility index (Phi) is 6.81. The third-order valence-corrected chi connectivity index (χ3v) is 5.10. The zero-order chi connectivity index (χ0) is 21.2. The highest BCUT2D eigenvalue weighted by atomic mass is 31.2. The second kappa shape index (κ2) is 8.98. The molecule has 0 radical (unpaired) electrons. The van der Waals surface area contributed by atoms with E-state index < -0.39 is 39.0 Å². The van der Waals surface area contributed by atoms with Crippen LogP contribution in [-0.4, -0.2) is 82.7 Å². The van der Waals surface area contributed by atoms with Crippen LogP contribution in [0.15, 0.2) is 12.7 Å². The first-order valence-corrected chi connectivity index (χ1v) is 10.5. The molecule has 29 heavy (non-hydrogen) atoms. The van der Waals surface area contributed by atoms with E-state index in [2.05, 4.69) is 24.8 Å². The molecule has 13 nitrogen and oxygen atoms in total. The van der Waals surface area contributed by atoms with Crippen LogP contribution in [0.1, 0.15) is 19.6 Å². The summed E-state index contributed by atoms with van der Waals surface area (Å²) in [5.74, 6) is 0.599. The molecule has 0 amide bonds.